The summed E-state index contributed by atoms with van der Waals surface area (Å²) in [6, 6.07) is 8.91. The van der Waals surface area contributed by atoms with Crippen LogP contribution in [0.3, 0.4) is 0 Å². The number of para-hydroxylation sites is 1. The second-order valence-electron chi connectivity index (χ2n) is 4.43. The zero-order valence-corrected chi connectivity index (χ0v) is 11.3. The highest BCUT2D eigenvalue weighted by Gasteiger charge is 2.35. The van der Waals surface area contributed by atoms with Crippen LogP contribution in [0.15, 0.2) is 36.5 Å². The molecule has 6 nitrogen and oxygen atoms in total. The highest BCUT2D eigenvalue weighted by Crippen LogP contribution is 2.28. The molecule has 1 N–H and O–H groups in total. The molecule has 2 aromatic heterocycles. The van der Waals surface area contributed by atoms with Gasteiger partial charge in [0, 0.05) is 7.05 Å². The lowest BCUT2D eigenvalue weighted by Crippen LogP contribution is -2.07. The third kappa shape index (κ3) is 2.78. The number of benzene rings is 1. The molecule has 0 amide bonds. The molecule has 1 aromatic carbocycles. The highest BCUT2D eigenvalue weighted by atomic mass is 19.4. The molecule has 0 atom stereocenters. The number of nitrogens with zero attached hydrogens (tertiary/aromatic N) is 4. The Bertz CT molecular complexity index is 779. The molecule has 3 aromatic rings. The number of aryl methyl sites for hydroxylation is 1. The van der Waals surface area contributed by atoms with Crippen LogP contribution in [-0.4, -0.2) is 24.7 Å². The van der Waals surface area contributed by atoms with Crippen LogP contribution >= 0.6 is 0 Å². The molecule has 0 unspecified atom stereocenters. The summed E-state index contributed by atoms with van der Waals surface area (Å²) in [6.07, 6.45) is -3.05. The molecule has 0 aliphatic heterocycles. The van der Waals surface area contributed by atoms with Gasteiger partial charge in [-0.25, -0.2) is 4.98 Å². The van der Waals surface area contributed by atoms with Crippen molar-refractivity contribution in [2.45, 2.75) is 6.18 Å². The summed E-state index contributed by atoms with van der Waals surface area (Å²) in [5, 5.41) is 5.39. The van der Waals surface area contributed by atoms with E-state index in [1.807, 2.05) is 11.2 Å². The molecule has 0 saturated carbocycles. The lowest BCUT2D eigenvalue weighted by molar-refractivity contribution is -0.144. The molecular formula is C13H10F3N5O. The summed E-state index contributed by atoms with van der Waals surface area (Å²) in [4.78, 5) is 7.50. The Hall–Kier alpha value is -2.84. The maximum absolute atomic E-state index is 12.5. The SMILES string of the molecule is Cn1cc(Oc2ccccc2)nc1-c1n[nH]c(C(F)(F)F)n1. The van der Waals surface area contributed by atoms with Crippen LogP contribution in [0.4, 0.5) is 13.2 Å². The van der Waals surface area contributed by atoms with E-state index in [0.717, 1.165) is 0 Å². The van der Waals surface area contributed by atoms with Crippen molar-refractivity contribution < 1.29 is 17.9 Å². The Morgan fingerprint density at radius 2 is 1.86 bits per heavy atom. The van der Waals surface area contributed by atoms with Crippen LogP contribution in [0.5, 0.6) is 11.6 Å². The number of imidazole rings is 1. The zero-order chi connectivity index (χ0) is 15.7. The van der Waals surface area contributed by atoms with Gasteiger partial charge in [-0.2, -0.15) is 18.2 Å². The van der Waals surface area contributed by atoms with E-state index in [0.29, 0.717) is 5.75 Å². The molecule has 0 aliphatic carbocycles. The van der Waals surface area contributed by atoms with Crippen molar-refractivity contribution in [1.82, 2.24) is 24.7 Å². The van der Waals surface area contributed by atoms with Gasteiger partial charge in [0.25, 0.3) is 0 Å². The molecule has 3 rings (SSSR count). The molecule has 114 valence electrons. The van der Waals surface area contributed by atoms with E-state index in [-0.39, 0.29) is 17.5 Å². The first-order valence-corrected chi connectivity index (χ1v) is 6.20. The van der Waals surface area contributed by atoms with Crippen LogP contribution in [0, 0.1) is 0 Å². The van der Waals surface area contributed by atoms with Gasteiger partial charge in [-0.05, 0) is 12.1 Å². The first-order valence-electron chi connectivity index (χ1n) is 6.20. The minimum absolute atomic E-state index is 0.155. The molecular weight excluding hydrogens is 299 g/mol. The summed E-state index contributed by atoms with van der Waals surface area (Å²) in [6.45, 7) is 0. The molecule has 9 heteroatoms. The third-order valence-electron chi connectivity index (χ3n) is 2.77. The Balaban J connectivity index is 1.88. The summed E-state index contributed by atoms with van der Waals surface area (Å²) >= 11 is 0. The second kappa shape index (κ2) is 5.17. The van der Waals surface area contributed by atoms with Gasteiger partial charge in [-0.15, -0.1) is 5.10 Å². The lowest BCUT2D eigenvalue weighted by atomic mass is 10.3. The standard InChI is InChI=1S/C13H10F3N5O/c1-21-7-9(22-8-5-3-2-4-6-8)17-11(21)10-18-12(20-19-10)13(14,15)16/h2-7H,1H3,(H,18,19,20). The van der Waals surface area contributed by atoms with Crippen LogP contribution in [-0.2, 0) is 13.2 Å². The fraction of sp³-hybridized carbons (Fsp3) is 0.154. The van der Waals surface area contributed by atoms with E-state index in [1.54, 1.807) is 31.3 Å². The van der Waals surface area contributed by atoms with Crippen molar-refractivity contribution in [2.24, 2.45) is 7.05 Å². The predicted molar refractivity (Wildman–Crippen MR) is 70.1 cm³/mol. The van der Waals surface area contributed by atoms with Crippen molar-refractivity contribution in [3.63, 3.8) is 0 Å². The van der Waals surface area contributed by atoms with Crippen LogP contribution < -0.4 is 4.74 Å². The van der Waals surface area contributed by atoms with Gasteiger partial charge < -0.3 is 9.30 Å². The molecule has 2 heterocycles. The molecule has 0 radical (unpaired) electrons. The number of alkyl halides is 3. The third-order valence-corrected chi connectivity index (χ3v) is 2.77. The quantitative estimate of drug-likeness (QED) is 0.807. The Morgan fingerprint density at radius 3 is 2.50 bits per heavy atom. The molecule has 0 bridgehead atoms. The fourth-order valence-corrected chi connectivity index (χ4v) is 1.79. The number of hydrogen-bond acceptors (Lipinski definition) is 4. The number of nitrogens with one attached hydrogen (secondary N) is 1. The topological polar surface area (TPSA) is 68.6 Å². The van der Waals surface area contributed by atoms with E-state index in [4.69, 9.17) is 4.74 Å². The number of aromatic nitrogens is 5. The van der Waals surface area contributed by atoms with Gasteiger partial charge in [0.1, 0.15) is 5.75 Å². The summed E-state index contributed by atoms with van der Waals surface area (Å²) in [5.41, 5.74) is 0. The minimum atomic E-state index is -4.58. The number of rotatable bonds is 3. The molecule has 0 fully saturated rings. The van der Waals surface area contributed by atoms with Gasteiger partial charge >= 0.3 is 6.18 Å². The Labute approximate surface area is 122 Å². The first-order chi connectivity index (χ1) is 10.4. The second-order valence-corrected chi connectivity index (χ2v) is 4.43. The van der Waals surface area contributed by atoms with E-state index in [1.165, 1.54) is 10.8 Å². The van der Waals surface area contributed by atoms with Crippen molar-refractivity contribution in [2.75, 3.05) is 0 Å². The molecule has 0 spiro atoms. The molecule has 22 heavy (non-hydrogen) atoms. The minimum Gasteiger partial charge on any atom is -0.438 e. The average Bonchev–Trinajstić information content (AvgIpc) is 3.06. The maximum atomic E-state index is 12.5. The number of ether oxygens (including phenoxy) is 1. The van der Waals surface area contributed by atoms with Crippen molar-refractivity contribution in [3.05, 3.63) is 42.4 Å². The van der Waals surface area contributed by atoms with E-state index in [2.05, 4.69) is 15.1 Å². The van der Waals surface area contributed by atoms with Gasteiger partial charge in [-0.1, -0.05) is 18.2 Å². The largest absolute Gasteiger partial charge is 0.451 e. The number of hydrogen-bond donors (Lipinski definition) is 1. The zero-order valence-electron chi connectivity index (χ0n) is 11.3. The van der Waals surface area contributed by atoms with Gasteiger partial charge in [0.15, 0.2) is 5.82 Å². The Morgan fingerprint density at radius 1 is 1.14 bits per heavy atom. The predicted octanol–water partition coefficient (Wildman–Crippen LogP) is 3.02. The highest BCUT2D eigenvalue weighted by molar-refractivity contribution is 5.45. The lowest BCUT2D eigenvalue weighted by Gasteiger charge is -1.99. The summed E-state index contributed by atoms with van der Waals surface area (Å²) in [7, 11) is 1.61. The number of H-pyrrole nitrogens is 1. The normalized spacial score (nSPS) is 11.6. The molecule has 0 aliphatic rings. The summed E-state index contributed by atoms with van der Waals surface area (Å²) in [5.74, 6) is -0.355. The van der Waals surface area contributed by atoms with Crippen molar-refractivity contribution in [3.8, 4) is 23.3 Å². The number of halogens is 3. The van der Waals surface area contributed by atoms with Crippen LogP contribution in [0.25, 0.3) is 11.6 Å². The van der Waals surface area contributed by atoms with E-state index >= 15 is 0 Å². The van der Waals surface area contributed by atoms with Crippen LogP contribution in [0.2, 0.25) is 0 Å². The van der Waals surface area contributed by atoms with E-state index < -0.39 is 12.0 Å². The molecule has 0 saturated heterocycles. The van der Waals surface area contributed by atoms with Crippen LogP contribution in [0.1, 0.15) is 5.82 Å². The van der Waals surface area contributed by atoms with Gasteiger partial charge in [-0.3, -0.25) is 5.10 Å². The summed E-state index contributed by atoms with van der Waals surface area (Å²) < 4.78 is 44.6. The maximum Gasteiger partial charge on any atom is 0.451 e. The Kier molecular flexibility index (Phi) is 3.32. The van der Waals surface area contributed by atoms with E-state index in [9.17, 15) is 13.2 Å². The monoisotopic (exact) mass is 309 g/mol. The van der Waals surface area contributed by atoms with Crippen molar-refractivity contribution >= 4 is 0 Å². The fourth-order valence-electron chi connectivity index (χ4n) is 1.79. The average molecular weight is 309 g/mol. The van der Waals surface area contributed by atoms with Crippen molar-refractivity contribution in [1.29, 1.82) is 0 Å². The number of aromatic amines is 1. The first kappa shape index (κ1) is 14.1. The smallest absolute Gasteiger partial charge is 0.438 e. The van der Waals surface area contributed by atoms with Gasteiger partial charge in [0.05, 0.1) is 6.20 Å². The van der Waals surface area contributed by atoms with Gasteiger partial charge in [0.2, 0.25) is 17.5 Å².